The first-order valence-electron chi connectivity index (χ1n) is 11.4. The van der Waals surface area contributed by atoms with Crippen LogP contribution in [-0.4, -0.2) is 18.6 Å². The molecule has 1 saturated carbocycles. The Hall–Kier alpha value is -1.68. The van der Waals surface area contributed by atoms with Crippen molar-refractivity contribution < 1.29 is 0 Å². The normalized spacial score (nSPS) is 21.7. The van der Waals surface area contributed by atoms with Crippen LogP contribution in [-0.2, 0) is 26.1 Å². The Morgan fingerprint density at radius 1 is 0.897 bits per heavy atom. The second kappa shape index (κ2) is 9.42. The van der Waals surface area contributed by atoms with Crippen molar-refractivity contribution in [1.29, 1.82) is 0 Å². The molecular formula is C26H37N3. The molecule has 0 radical (unpaired) electrons. The standard InChI is InChI=1S/C26H37N3/c1-26(2)13-11-24(12-14-26)28-17-21-9-7-20(8-10-21)16-27-19-25-15-22-5-3-4-6-23(22)18-29-25/h3-10,24-25,27-29H,11-19H2,1-2H3. The number of fused-ring (bicyclic) bond motifs is 1. The first-order valence-corrected chi connectivity index (χ1v) is 11.4. The first kappa shape index (κ1) is 20.6. The minimum Gasteiger partial charge on any atom is -0.311 e. The van der Waals surface area contributed by atoms with Gasteiger partial charge in [0.1, 0.15) is 0 Å². The molecule has 29 heavy (non-hydrogen) atoms. The van der Waals surface area contributed by atoms with Crippen LogP contribution in [0, 0.1) is 5.41 Å². The Kier molecular flexibility index (Phi) is 6.69. The van der Waals surface area contributed by atoms with E-state index in [0.29, 0.717) is 17.5 Å². The van der Waals surface area contributed by atoms with E-state index in [9.17, 15) is 0 Å². The second-order valence-electron chi connectivity index (χ2n) is 9.82. The highest BCUT2D eigenvalue weighted by Crippen LogP contribution is 2.35. The largest absolute Gasteiger partial charge is 0.311 e. The van der Waals surface area contributed by atoms with Gasteiger partial charge in [-0.15, -0.1) is 0 Å². The fourth-order valence-electron chi connectivity index (χ4n) is 4.70. The topological polar surface area (TPSA) is 36.1 Å². The number of rotatable bonds is 7. The Labute approximate surface area is 176 Å². The van der Waals surface area contributed by atoms with Crippen molar-refractivity contribution >= 4 is 0 Å². The van der Waals surface area contributed by atoms with Crippen LogP contribution in [0.15, 0.2) is 48.5 Å². The van der Waals surface area contributed by atoms with Gasteiger partial charge in [0, 0.05) is 38.3 Å². The number of hydrogen-bond acceptors (Lipinski definition) is 3. The lowest BCUT2D eigenvalue weighted by atomic mass is 9.75. The molecule has 0 bridgehead atoms. The zero-order valence-electron chi connectivity index (χ0n) is 18.1. The minimum absolute atomic E-state index is 0.522. The molecule has 4 rings (SSSR count). The molecule has 3 N–H and O–H groups in total. The predicted molar refractivity (Wildman–Crippen MR) is 122 cm³/mol. The van der Waals surface area contributed by atoms with Gasteiger partial charge >= 0.3 is 0 Å². The summed E-state index contributed by atoms with van der Waals surface area (Å²) in [7, 11) is 0. The maximum Gasteiger partial charge on any atom is 0.0236 e. The van der Waals surface area contributed by atoms with Crippen molar-refractivity contribution in [2.24, 2.45) is 5.41 Å². The van der Waals surface area contributed by atoms with Crippen molar-refractivity contribution in [2.45, 2.75) is 77.7 Å². The fourth-order valence-corrected chi connectivity index (χ4v) is 4.70. The van der Waals surface area contributed by atoms with Crippen molar-refractivity contribution in [3.05, 3.63) is 70.8 Å². The Balaban J connectivity index is 1.16. The van der Waals surface area contributed by atoms with Crippen LogP contribution >= 0.6 is 0 Å². The molecular weight excluding hydrogens is 354 g/mol. The average Bonchev–Trinajstić information content (AvgIpc) is 2.74. The molecule has 1 aliphatic heterocycles. The lowest BCUT2D eigenvalue weighted by Crippen LogP contribution is -2.42. The van der Waals surface area contributed by atoms with Crippen LogP contribution in [0.4, 0.5) is 0 Å². The number of hydrogen-bond donors (Lipinski definition) is 3. The maximum absolute atomic E-state index is 3.77. The molecule has 3 nitrogen and oxygen atoms in total. The molecule has 1 fully saturated rings. The van der Waals surface area contributed by atoms with E-state index in [-0.39, 0.29) is 0 Å². The molecule has 0 saturated heterocycles. The van der Waals surface area contributed by atoms with Crippen molar-refractivity contribution in [2.75, 3.05) is 6.54 Å². The first-order chi connectivity index (χ1) is 14.1. The van der Waals surface area contributed by atoms with E-state index < -0.39 is 0 Å². The molecule has 0 amide bonds. The van der Waals surface area contributed by atoms with E-state index in [0.717, 1.165) is 32.6 Å². The molecule has 0 spiro atoms. The van der Waals surface area contributed by atoms with Gasteiger partial charge in [-0.05, 0) is 59.8 Å². The fraction of sp³-hybridized carbons (Fsp3) is 0.538. The molecule has 0 aromatic heterocycles. The van der Waals surface area contributed by atoms with E-state index in [1.165, 1.54) is 47.9 Å². The summed E-state index contributed by atoms with van der Waals surface area (Å²) >= 11 is 0. The summed E-state index contributed by atoms with van der Waals surface area (Å²) < 4.78 is 0. The van der Waals surface area contributed by atoms with Gasteiger partial charge in [0.25, 0.3) is 0 Å². The number of benzene rings is 2. The van der Waals surface area contributed by atoms with Crippen molar-refractivity contribution in [3.8, 4) is 0 Å². The summed E-state index contributed by atoms with van der Waals surface area (Å²) in [6.45, 7) is 8.73. The van der Waals surface area contributed by atoms with Gasteiger partial charge in [0.05, 0.1) is 0 Å². The molecule has 2 aromatic rings. The van der Waals surface area contributed by atoms with E-state index in [2.05, 4.69) is 78.3 Å². The Morgan fingerprint density at radius 3 is 2.28 bits per heavy atom. The van der Waals surface area contributed by atoms with Crippen LogP contribution in [0.2, 0.25) is 0 Å². The van der Waals surface area contributed by atoms with Crippen LogP contribution in [0.1, 0.15) is 61.8 Å². The smallest absolute Gasteiger partial charge is 0.0236 e. The summed E-state index contributed by atoms with van der Waals surface area (Å²) in [4.78, 5) is 0. The predicted octanol–water partition coefficient (Wildman–Crippen LogP) is 4.55. The van der Waals surface area contributed by atoms with Crippen molar-refractivity contribution in [3.63, 3.8) is 0 Å². The van der Waals surface area contributed by atoms with Gasteiger partial charge in [-0.1, -0.05) is 62.4 Å². The van der Waals surface area contributed by atoms with Crippen LogP contribution in [0.25, 0.3) is 0 Å². The lowest BCUT2D eigenvalue weighted by Gasteiger charge is -2.34. The molecule has 3 heteroatoms. The van der Waals surface area contributed by atoms with Crippen LogP contribution in [0.3, 0.4) is 0 Å². The van der Waals surface area contributed by atoms with Crippen LogP contribution < -0.4 is 16.0 Å². The minimum atomic E-state index is 0.522. The summed E-state index contributed by atoms with van der Waals surface area (Å²) in [5.74, 6) is 0. The zero-order chi connectivity index (χ0) is 20.1. The van der Waals surface area contributed by atoms with Gasteiger partial charge < -0.3 is 16.0 Å². The van der Waals surface area contributed by atoms with Gasteiger partial charge in [-0.3, -0.25) is 0 Å². The highest BCUT2D eigenvalue weighted by Gasteiger charge is 2.26. The third-order valence-electron chi connectivity index (χ3n) is 6.84. The third-order valence-corrected chi connectivity index (χ3v) is 6.84. The highest BCUT2D eigenvalue weighted by molar-refractivity contribution is 5.30. The zero-order valence-corrected chi connectivity index (χ0v) is 18.1. The van der Waals surface area contributed by atoms with Gasteiger partial charge in [0.15, 0.2) is 0 Å². The molecule has 2 aliphatic rings. The van der Waals surface area contributed by atoms with Gasteiger partial charge in [-0.2, -0.15) is 0 Å². The van der Waals surface area contributed by atoms with E-state index >= 15 is 0 Å². The Bertz CT molecular complexity index is 771. The Morgan fingerprint density at radius 2 is 1.55 bits per heavy atom. The molecule has 1 atom stereocenters. The van der Waals surface area contributed by atoms with Gasteiger partial charge in [-0.25, -0.2) is 0 Å². The van der Waals surface area contributed by atoms with E-state index in [1.807, 2.05) is 0 Å². The highest BCUT2D eigenvalue weighted by atomic mass is 15.0. The van der Waals surface area contributed by atoms with Gasteiger partial charge in [0.2, 0.25) is 0 Å². The maximum atomic E-state index is 3.77. The summed E-state index contributed by atoms with van der Waals surface area (Å²) in [6.07, 6.45) is 6.43. The third kappa shape index (κ3) is 5.91. The molecule has 1 unspecified atom stereocenters. The molecule has 156 valence electrons. The average molecular weight is 392 g/mol. The number of nitrogens with one attached hydrogen (secondary N) is 3. The summed E-state index contributed by atoms with van der Waals surface area (Å²) in [5.41, 5.74) is 6.25. The second-order valence-corrected chi connectivity index (χ2v) is 9.82. The van der Waals surface area contributed by atoms with Crippen LogP contribution in [0.5, 0.6) is 0 Å². The monoisotopic (exact) mass is 391 g/mol. The summed E-state index contributed by atoms with van der Waals surface area (Å²) in [6, 6.07) is 19.1. The van der Waals surface area contributed by atoms with Crippen molar-refractivity contribution in [1.82, 2.24) is 16.0 Å². The SMILES string of the molecule is CC1(C)CCC(NCc2ccc(CNCC3Cc4ccccc4CN3)cc2)CC1. The quantitative estimate of drug-likeness (QED) is 0.648. The lowest BCUT2D eigenvalue weighted by molar-refractivity contribution is 0.206. The van der Waals surface area contributed by atoms with E-state index in [4.69, 9.17) is 0 Å². The molecule has 1 aliphatic carbocycles. The molecule has 1 heterocycles. The summed E-state index contributed by atoms with van der Waals surface area (Å²) in [5, 5.41) is 11.1. The van der Waals surface area contributed by atoms with E-state index in [1.54, 1.807) is 0 Å². The molecule has 2 aromatic carbocycles.